The molecule has 26 heavy (non-hydrogen) atoms. The van der Waals surface area contributed by atoms with E-state index >= 15 is 0 Å². The van der Waals surface area contributed by atoms with Crippen LogP contribution in [0.1, 0.15) is 25.3 Å². The van der Waals surface area contributed by atoms with E-state index in [-0.39, 0.29) is 11.6 Å². The molecule has 0 saturated heterocycles. The van der Waals surface area contributed by atoms with Gasteiger partial charge in [0.1, 0.15) is 19.0 Å². The van der Waals surface area contributed by atoms with E-state index in [9.17, 15) is 4.79 Å². The predicted octanol–water partition coefficient (Wildman–Crippen LogP) is 3.67. The zero-order valence-electron chi connectivity index (χ0n) is 14.7. The van der Waals surface area contributed by atoms with Crippen LogP contribution in [0.15, 0.2) is 42.5 Å². The molecule has 2 N–H and O–H groups in total. The van der Waals surface area contributed by atoms with Crippen molar-refractivity contribution in [3.8, 4) is 17.2 Å². The Balaban J connectivity index is 1.42. The maximum absolute atomic E-state index is 12.4. The Labute approximate surface area is 152 Å². The summed E-state index contributed by atoms with van der Waals surface area (Å²) in [6.07, 6.45) is 1.81. The summed E-state index contributed by atoms with van der Waals surface area (Å²) in [4.78, 5) is 12.4. The van der Waals surface area contributed by atoms with Gasteiger partial charge < -0.3 is 24.8 Å². The zero-order valence-corrected chi connectivity index (χ0v) is 14.7. The fraction of sp³-hybridized carbons (Fsp3) is 0.350. The van der Waals surface area contributed by atoms with Crippen molar-refractivity contribution in [2.24, 2.45) is 0 Å². The third-order valence-electron chi connectivity index (χ3n) is 4.62. The molecule has 1 aliphatic carbocycles. The molecule has 1 heterocycles. The van der Waals surface area contributed by atoms with Gasteiger partial charge in [-0.3, -0.25) is 0 Å². The molecule has 0 aromatic heterocycles. The average Bonchev–Trinajstić information content (AvgIpc) is 3.43. The molecule has 2 amide bonds. The van der Waals surface area contributed by atoms with Crippen molar-refractivity contribution in [2.45, 2.75) is 25.3 Å². The molecular weight excluding hydrogens is 332 g/mol. The number of hydrogen-bond acceptors (Lipinski definition) is 4. The molecule has 2 aromatic rings. The number of amides is 2. The van der Waals surface area contributed by atoms with E-state index < -0.39 is 0 Å². The van der Waals surface area contributed by atoms with Gasteiger partial charge in [-0.25, -0.2) is 4.79 Å². The number of nitrogens with one attached hydrogen (secondary N) is 2. The minimum Gasteiger partial charge on any atom is -0.494 e. The van der Waals surface area contributed by atoms with E-state index in [1.165, 1.54) is 0 Å². The smallest absolute Gasteiger partial charge is 0.319 e. The average molecular weight is 354 g/mol. The van der Waals surface area contributed by atoms with E-state index in [0.29, 0.717) is 19.8 Å². The molecule has 0 radical (unpaired) electrons. The van der Waals surface area contributed by atoms with Crippen molar-refractivity contribution >= 4 is 11.7 Å². The summed E-state index contributed by atoms with van der Waals surface area (Å²) >= 11 is 0. The van der Waals surface area contributed by atoms with Gasteiger partial charge in [-0.05, 0) is 61.7 Å². The topological polar surface area (TPSA) is 68.8 Å². The molecular formula is C20H22N2O4. The van der Waals surface area contributed by atoms with E-state index in [2.05, 4.69) is 10.6 Å². The number of benzene rings is 2. The third kappa shape index (κ3) is 3.40. The number of fused-ring (bicyclic) bond motifs is 1. The summed E-state index contributed by atoms with van der Waals surface area (Å²) in [6.45, 7) is 3.67. The van der Waals surface area contributed by atoms with Gasteiger partial charge in [0, 0.05) is 5.69 Å². The highest BCUT2D eigenvalue weighted by molar-refractivity contribution is 5.90. The van der Waals surface area contributed by atoms with Crippen LogP contribution < -0.4 is 24.8 Å². The fourth-order valence-corrected chi connectivity index (χ4v) is 3.13. The first-order valence-corrected chi connectivity index (χ1v) is 8.91. The lowest BCUT2D eigenvalue weighted by molar-refractivity contribution is 0.171. The molecule has 6 nitrogen and oxygen atoms in total. The van der Waals surface area contributed by atoms with Crippen LogP contribution in [0.4, 0.5) is 10.5 Å². The summed E-state index contributed by atoms with van der Waals surface area (Å²) in [5.41, 5.74) is 1.44. The number of ether oxygens (including phenoxy) is 3. The fourth-order valence-electron chi connectivity index (χ4n) is 3.13. The Morgan fingerprint density at radius 3 is 2.50 bits per heavy atom. The van der Waals surface area contributed by atoms with Gasteiger partial charge in [0.05, 0.1) is 12.1 Å². The molecule has 1 fully saturated rings. The van der Waals surface area contributed by atoms with E-state index in [1.54, 1.807) is 0 Å². The summed E-state index contributed by atoms with van der Waals surface area (Å²) in [7, 11) is 0. The second kappa shape index (κ2) is 6.78. The first-order valence-electron chi connectivity index (χ1n) is 8.91. The van der Waals surface area contributed by atoms with E-state index in [0.717, 1.165) is 41.3 Å². The van der Waals surface area contributed by atoms with Crippen molar-refractivity contribution in [3.63, 3.8) is 0 Å². The third-order valence-corrected chi connectivity index (χ3v) is 4.62. The molecule has 136 valence electrons. The van der Waals surface area contributed by atoms with Gasteiger partial charge in [-0.2, -0.15) is 0 Å². The van der Waals surface area contributed by atoms with Crippen LogP contribution in [0.2, 0.25) is 0 Å². The Morgan fingerprint density at radius 2 is 1.81 bits per heavy atom. The van der Waals surface area contributed by atoms with Crippen LogP contribution in [0.5, 0.6) is 17.2 Å². The summed E-state index contributed by atoms with van der Waals surface area (Å²) in [5, 5.41) is 5.98. The number of hydrogen-bond donors (Lipinski definition) is 2. The second-order valence-electron chi connectivity index (χ2n) is 6.48. The molecule has 1 aliphatic heterocycles. The van der Waals surface area contributed by atoms with Crippen LogP contribution in [0.25, 0.3) is 0 Å². The van der Waals surface area contributed by atoms with E-state index in [1.807, 2.05) is 49.4 Å². The quantitative estimate of drug-likeness (QED) is 0.860. The molecule has 0 atom stereocenters. The second-order valence-corrected chi connectivity index (χ2v) is 6.48. The highest BCUT2D eigenvalue weighted by Gasteiger charge is 2.46. The minimum atomic E-state index is -0.328. The summed E-state index contributed by atoms with van der Waals surface area (Å²) < 4.78 is 16.6. The normalized spacial score (nSPS) is 16.5. The Kier molecular flexibility index (Phi) is 4.32. The molecule has 2 aromatic carbocycles. The molecule has 1 saturated carbocycles. The van der Waals surface area contributed by atoms with Gasteiger partial charge in [0.2, 0.25) is 0 Å². The first kappa shape index (κ1) is 16.6. The number of rotatable bonds is 5. The van der Waals surface area contributed by atoms with Crippen molar-refractivity contribution < 1.29 is 19.0 Å². The monoisotopic (exact) mass is 354 g/mol. The molecule has 0 spiro atoms. The Morgan fingerprint density at radius 1 is 1.08 bits per heavy atom. The van der Waals surface area contributed by atoms with Gasteiger partial charge in [-0.15, -0.1) is 0 Å². The van der Waals surface area contributed by atoms with Crippen molar-refractivity contribution in [3.05, 3.63) is 48.0 Å². The van der Waals surface area contributed by atoms with Crippen molar-refractivity contribution in [1.82, 2.24) is 5.32 Å². The molecule has 0 unspecified atom stereocenters. The molecule has 0 bridgehead atoms. The number of urea groups is 1. The van der Waals surface area contributed by atoms with Gasteiger partial charge >= 0.3 is 6.03 Å². The maximum Gasteiger partial charge on any atom is 0.319 e. The number of carbonyl (C=O) groups excluding carboxylic acids is 1. The van der Waals surface area contributed by atoms with Gasteiger partial charge in [0.15, 0.2) is 11.5 Å². The predicted molar refractivity (Wildman–Crippen MR) is 98.1 cm³/mol. The number of anilines is 1. The van der Waals surface area contributed by atoms with Crippen LogP contribution in [-0.2, 0) is 5.54 Å². The highest BCUT2D eigenvalue weighted by Crippen LogP contribution is 2.47. The summed E-state index contributed by atoms with van der Waals surface area (Å²) in [5.74, 6) is 2.29. The van der Waals surface area contributed by atoms with Gasteiger partial charge in [-0.1, -0.05) is 6.07 Å². The van der Waals surface area contributed by atoms with Crippen LogP contribution in [0, 0.1) is 0 Å². The Bertz CT molecular complexity index is 800. The minimum absolute atomic E-state index is 0.221. The SMILES string of the molecule is CCOc1ccc(NC(=O)NC2(c3ccc4c(c3)OCCO4)CC2)cc1. The lowest BCUT2D eigenvalue weighted by atomic mass is 10.0. The van der Waals surface area contributed by atoms with Crippen LogP contribution in [0.3, 0.4) is 0 Å². The lowest BCUT2D eigenvalue weighted by Gasteiger charge is -2.23. The molecule has 6 heteroatoms. The highest BCUT2D eigenvalue weighted by atomic mass is 16.6. The Hall–Kier alpha value is -2.89. The van der Waals surface area contributed by atoms with Crippen LogP contribution in [-0.4, -0.2) is 25.9 Å². The zero-order chi connectivity index (χ0) is 18.0. The lowest BCUT2D eigenvalue weighted by Crippen LogP contribution is -2.38. The first-order chi connectivity index (χ1) is 12.7. The molecule has 4 rings (SSSR count). The molecule has 2 aliphatic rings. The van der Waals surface area contributed by atoms with Gasteiger partial charge in [0.25, 0.3) is 0 Å². The largest absolute Gasteiger partial charge is 0.494 e. The van der Waals surface area contributed by atoms with E-state index in [4.69, 9.17) is 14.2 Å². The van der Waals surface area contributed by atoms with Crippen molar-refractivity contribution in [2.75, 3.05) is 25.1 Å². The standard InChI is InChI=1S/C20H22N2O4/c1-2-24-16-6-4-15(5-7-16)21-19(23)22-20(9-10-20)14-3-8-17-18(13-14)26-12-11-25-17/h3-8,13H,2,9-12H2,1H3,(H2,21,22,23). The summed E-state index contributed by atoms with van der Waals surface area (Å²) in [6, 6.07) is 13.0. The number of carbonyl (C=O) groups is 1. The maximum atomic E-state index is 12.4. The van der Waals surface area contributed by atoms with Crippen molar-refractivity contribution in [1.29, 1.82) is 0 Å². The van der Waals surface area contributed by atoms with Crippen LogP contribution >= 0.6 is 0 Å².